The summed E-state index contributed by atoms with van der Waals surface area (Å²) in [6, 6.07) is 0. The summed E-state index contributed by atoms with van der Waals surface area (Å²) in [5.74, 6) is 0. The summed E-state index contributed by atoms with van der Waals surface area (Å²) in [6.45, 7) is 6.39. The summed E-state index contributed by atoms with van der Waals surface area (Å²) in [5, 5.41) is 0. The van der Waals surface area contributed by atoms with Crippen LogP contribution in [-0.2, 0) is 0 Å². The molecule has 0 bridgehead atoms. The van der Waals surface area contributed by atoms with Crippen LogP contribution in [0.3, 0.4) is 0 Å². The topological polar surface area (TPSA) is 12.4 Å². The fourth-order valence-electron chi connectivity index (χ4n) is 2.12. The monoisotopic (exact) mass is 279 g/mol. The van der Waals surface area contributed by atoms with E-state index in [0.29, 0.717) is 0 Å². The molecule has 0 amide bonds. The minimum atomic E-state index is 0.839. The van der Waals surface area contributed by atoms with Crippen molar-refractivity contribution in [1.29, 1.82) is 0 Å². The Kier molecular flexibility index (Phi) is 7.86. The smallest absolute Gasteiger partial charge is 0.0460 e. The Hall–Kier alpha value is -2.11. The van der Waals surface area contributed by atoms with Gasteiger partial charge in [0, 0.05) is 24.8 Å². The van der Waals surface area contributed by atoms with Gasteiger partial charge in [-0.2, -0.15) is 0 Å². The van der Waals surface area contributed by atoms with Crippen molar-refractivity contribution in [2.45, 2.75) is 33.6 Å². The highest BCUT2D eigenvalue weighted by atomic mass is 14.7. The largest absolute Gasteiger partial charge is 0.292 e. The van der Waals surface area contributed by atoms with Gasteiger partial charge in [0.15, 0.2) is 0 Å². The van der Waals surface area contributed by atoms with Gasteiger partial charge in [0.05, 0.1) is 0 Å². The molecule has 1 rings (SSSR count). The Morgan fingerprint density at radius 2 is 2.10 bits per heavy atom. The minimum Gasteiger partial charge on any atom is -0.292 e. The van der Waals surface area contributed by atoms with Crippen LogP contribution in [0, 0.1) is 0 Å². The molecule has 0 unspecified atom stereocenters. The van der Waals surface area contributed by atoms with Crippen LogP contribution < -0.4 is 0 Å². The number of hydrogen-bond acceptors (Lipinski definition) is 1. The molecule has 110 valence electrons. The summed E-state index contributed by atoms with van der Waals surface area (Å²) >= 11 is 0. The van der Waals surface area contributed by atoms with E-state index in [-0.39, 0.29) is 0 Å². The molecular formula is C20H25N. The van der Waals surface area contributed by atoms with Crippen molar-refractivity contribution >= 4 is 5.71 Å². The van der Waals surface area contributed by atoms with Crippen molar-refractivity contribution in [1.82, 2.24) is 0 Å². The lowest BCUT2D eigenvalue weighted by Gasteiger charge is -2.14. The van der Waals surface area contributed by atoms with Gasteiger partial charge in [-0.05, 0) is 38.0 Å². The van der Waals surface area contributed by atoms with E-state index in [1.54, 1.807) is 0 Å². The van der Waals surface area contributed by atoms with Crippen molar-refractivity contribution in [2.75, 3.05) is 7.05 Å². The molecule has 0 saturated carbocycles. The van der Waals surface area contributed by atoms with Crippen LogP contribution >= 0.6 is 0 Å². The van der Waals surface area contributed by atoms with E-state index in [0.717, 1.165) is 18.6 Å². The molecule has 0 aromatic rings. The lowest BCUT2D eigenvalue weighted by atomic mass is 9.92. The SMILES string of the molecule is C/C=C\C=C/CC(=N/C)/C(C1=CC=CC=C=C1)=C(\C)CC. The molecule has 0 saturated heterocycles. The average molecular weight is 279 g/mol. The van der Waals surface area contributed by atoms with Gasteiger partial charge in [0.25, 0.3) is 0 Å². The molecule has 0 heterocycles. The van der Waals surface area contributed by atoms with Gasteiger partial charge in [-0.1, -0.05) is 55.0 Å². The summed E-state index contributed by atoms with van der Waals surface area (Å²) in [6.07, 6.45) is 20.3. The quantitative estimate of drug-likeness (QED) is 0.345. The van der Waals surface area contributed by atoms with E-state index >= 15 is 0 Å². The van der Waals surface area contributed by atoms with Crippen LogP contribution in [0.4, 0.5) is 0 Å². The predicted molar refractivity (Wildman–Crippen MR) is 94.8 cm³/mol. The second kappa shape index (κ2) is 9.74. The maximum Gasteiger partial charge on any atom is 0.0460 e. The predicted octanol–water partition coefficient (Wildman–Crippen LogP) is 5.51. The van der Waals surface area contributed by atoms with Gasteiger partial charge in [-0.3, -0.25) is 4.99 Å². The second-order valence-corrected chi connectivity index (χ2v) is 4.82. The number of aliphatic imine (C=N–C) groups is 1. The average Bonchev–Trinajstić information content (AvgIpc) is 2.78. The summed E-state index contributed by atoms with van der Waals surface area (Å²) in [4.78, 5) is 4.52. The van der Waals surface area contributed by atoms with Crippen LogP contribution in [0.25, 0.3) is 0 Å². The molecule has 0 N–H and O–H groups in total. The van der Waals surface area contributed by atoms with Gasteiger partial charge in [-0.15, -0.1) is 5.73 Å². The fourth-order valence-corrected chi connectivity index (χ4v) is 2.12. The highest BCUT2D eigenvalue weighted by molar-refractivity contribution is 6.06. The van der Waals surface area contributed by atoms with Crippen LogP contribution in [0.1, 0.15) is 33.6 Å². The first kappa shape index (κ1) is 16.9. The van der Waals surface area contributed by atoms with Gasteiger partial charge >= 0.3 is 0 Å². The third kappa shape index (κ3) is 5.41. The normalized spacial score (nSPS) is 16.6. The van der Waals surface area contributed by atoms with Gasteiger partial charge in [0.2, 0.25) is 0 Å². The molecule has 1 heteroatoms. The lowest BCUT2D eigenvalue weighted by Crippen LogP contribution is -2.07. The number of allylic oxidation sites excluding steroid dienone is 11. The molecule has 0 aliphatic heterocycles. The van der Waals surface area contributed by atoms with Gasteiger partial charge < -0.3 is 0 Å². The van der Waals surface area contributed by atoms with Crippen LogP contribution in [0.2, 0.25) is 0 Å². The summed E-state index contributed by atoms with van der Waals surface area (Å²) in [5.41, 5.74) is 8.09. The molecule has 0 atom stereocenters. The maximum absolute atomic E-state index is 4.52. The Morgan fingerprint density at radius 3 is 2.76 bits per heavy atom. The molecule has 1 aliphatic rings. The van der Waals surface area contributed by atoms with Crippen molar-refractivity contribution in [2.24, 2.45) is 4.99 Å². The highest BCUT2D eigenvalue weighted by Gasteiger charge is 2.12. The molecule has 0 fully saturated rings. The van der Waals surface area contributed by atoms with E-state index < -0.39 is 0 Å². The zero-order chi connectivity index (χ0) is 15.5. The van der Waals surface area contributed by atoms with Crippen LogP contribution in [0.15, 0.2) is 82.1 Å². The molecule has 1 aliphatic carbocycles. The third-order valence-corrected chi connectivity index (χ3v) is 3.37. The molecule has 1 nitrogen and oxygen atoms in total. The van der Waals surface area contributed by atoms with Gasteiger partial charge in [-0.25, -0.2) is 0 Å². The van der Waals surface area contributed by atoms with Crippen molar-refractivity contribution in [3.05, 3.63) is 77.1 Å². The first-order valence-corrected chi connectivity index (χ1v) is 7.48. The van der Waals surface area contributed by atoms with E-state index in [1.165, 1.54) is 16.7 Å². The Bertz CT molecular complexity index is 583. The standard InChI is InChI=1S/C20H25N/c1-5-7-8-13-16-19(21-4)20(17(3)6-2)18-14-11-9-10-12-15-18/h5,7-11,13-15H,6,16H2,1-4H3/b7-5-,13-8-,20-17+,21-19-. The van der Waals surface area contributed by atoms with Crippen molar-refractivity contribution in [3.63, 3.8) is 0 Å². The zero-order valence-corrected chi connectivity index (χ0v) is 13.6. The Labute approximate surface area is 129 Å². The van der Waals surface area contributed by atoms with E-state index in [2.05, 4.69) is 48.9 Å². The van der Waals surface area contributed by atoms with Crippen molar-refractivity contribution < 1.29 is 0 Å². The van der Waals surface area contributed by atoms with Gasteiger partial charge in [0.1, 0.15) is 0 Å². The van der Waals surface area contributed by atoms with E-state index in [1.807, 2.05) is 44.4 Å². The number of nitrogens with zero attached hydrogens (tertiary/aromatic N) is 1. The lowest BCUT2D eigenvalue weighted by molar-refractivity contribution is 1.08. The van der Waals surface area contributed by atoms with Crippen molar-refractivity contribution in [3.8, 4) is 0 Å². The van der Waals surface area contributed by atoms with E-state index in [9.17, 15) is 0 Å². The summed E-state index contributed by atoms with van der Waals surface area (Å²) in [7, 11) is 1.87. The Balaban J connectivity index is 3.17. The molecular weight excluding hydrogens is 254 g/mol. The van der Waals surface area contributed by atoms with E-state index in [4.69, 9.17) is 0 Å². The Morgan fingerprint density at radius 1 is 1.29 bits per heavy atom. The first-order chi connectivity index (χ1) is 10.2. The molecule has 0 aromatic heterocycles. The highest BCUT2D eigenvalue weighted by Crippen LogP contribution is 2.23. The third-order valence-electron chi connectivity index (χ3n) is 3.37. The maximum atomic E-state index is 4.52. The zero-order valence-electron chi connectivity index (χ0n) is 13.6. The minimum absolute atomic E-state index is 0.839. The molecule has 0 aromatic carbocycles. The molecule has 0 spiro atoms. The summed E-state index contributed by atoms with van der Waals surface area (Å²) < 4.78 is 0. The first-order valence-electron chi connectivity index (χ1n) is 7.48. The second-order valence-electron chi connectivity index (χ2n) is 4.82. The van der Waals surface area contributed by atoms with Crippen LogP contribution in [-0.4, -0.2) is 12.8 Å². The molecule has 21 heavy (non-hydrogen) atoms. The number of hydrogen-bond donors (Lipinski definition) is 0. The fraction of sp³-hybridized carbons (Fsp3) is 0.300. The number of rotatable bonds is 6. The molecule has 0 radical (unpaired) electrons. The van der Waals surface area contributed by atoms with Crippen LogP contribution in [0.5, 0.6) is 0 Å².